The van der Waals surface area contributed by atoms with Gasteiger partial charge in [0.25, 0.3) is 5.56 Å². The number of rotatable bonds is 5. The van der Waals surface area contributed by atoms with Crippen molar-refractivity contribution in [3.8, 4) is 0 Å². The summed E-state index contributed by atoms with van der Waals surface area (Å²) in [7, 11) is 0. The maximum Gasteiger partial charge on any atom is 0.416 e. The molecule has 0 aliphatic heterocycles. The van der Waals surface area contributed by atoms with Crippen LogP contribution in [-0.4, -0.2) is 28.0 Å². The predicted octanol–water partition coefficient (Wildman–Crippen LogP) is 2.45. The quantitative estimate of drug-likeness (QED) is 0.554. The van der Waals surface area contributed by atoms with E-state index in [9.17, 15) is 18.0 Å². The number of nitrogens with zero attached hydrogens (tertiary/aromatic N) is 2. The molecule has 7 nitrogen and oxygen atoms in total. The van der Waals surface area contributed by atoms with Gasteiger partial charge in [0, 0.05) is 24.8 Å². The van der Waals surface area contributed by atoms with Crippen molar-refractivity contribution in [3.63, 3.8) is 0 Å². The third-order valence-electron chi connectivity index (χ3n) is 3.53. The Balaban J connectivity index is 2.07. The highest BCUT2D eigenvalue weighted by Crippen LogP contribution is 2.32. The Kier molecular flexibility index (Phi) is 4.76. The Bertz CT molecular complexity index is 986. The van der Waals surface area contributed by atoms with Crippen molar-refractivity contribution in [3.05, 3.63) is 52.6 Å². The molecule has 2 heterocycles. The fourth-order valence-corrected chi connectivity index (χ4v) is 2.38. The van der Waals surface area contributed by atoms with E-state index in [0.717, 1.165) is 12.1 Å². The van der Waals surface area contributed by atoms with E-state index >= 15 is 0 Å². The van der Waals surface area contributed by atoms with Crippen molar-refractivity contribution in [1.82, 2.24) is 15.0 Å². The molecule has 0 aliphatic carbocycles. The topological polar surface area (TPSA) is 109 Å². The smallest absolute Gasteiger partial charge is 0.369 e. The minimum atomic E-state index is -4.48. The molecular formula is C16H15F3N6O. The van der Waals surface area contributed by atoms with Crippen LogP contribution in [0.15, 0.2) is 41.5 Å². The van der Waals surface area contributed by atoms with Crippen molar-refractivity contribution >= 4 is 28.2 Å². The van der Waals surface area contributed by atoms with Gasteiger partial charge in [-0.2, -0.15) is 13.2 Å². The molecule has 0 amide bonds. The zero-order valence-electron chi connectivity index (χ0n) is 13.4. The molecule has 0 aliphatic rings. The number of H-pyrrole nitrogens is 1. The third kappa shape index (κ3) is 3.75. The molecule has 2 aromatic heterocycles. The molecule has 26 heavy (non-hydrogen) atoms. The molecule has 0 unspecified atom stereocenters. The van der Waals surface area contributed by atoms with Gasteiger partial charge < -0.3 is 21.4 Å². The summed E-state index contributed by atoms with van der Waals surface area (Å²) >= 11 is 0. The Labute approximate surface area is 145 Å². The van der Waals surface area contributed by atoms with Crippen LogP contribution in [0.25, 0.3) is 10.9 Å². The number of fused-ring (bicyclic) bond motifs is 1. The van der Waals surface area contributed by atoms with Gasteiger partial charge in [0.2, 0.25) is 0 Å². The molecule has 0 spiro atoms. The largest absolute Gasteiger partial charge is 0.416 e. The van der Waals surface area contributed by atoms with E-state index in [4.69, 9.17) is 5.73 Å². The number of aromatic amines is 1. The van der Waals surface area contributed by atoms with Crippen molar-refractivity contribution in [2.75, 3.05) is 23.7 Å². The maximum absolute atomic E-state index is 12.9. The molecule has 0 fully saturated rings. The second-order valence-electron chi connectivity index (χ2n) is 5.40. The van der Waals surface area contributed by atoms with E-state index in [1.165, 1.54) is 18.5 Å². The number of hydrogen-bond acceptors (Lipinski definition) is 6. The van der Waals surface area contributed by atoms with Gasteiger partial charge in [0.15, 0.2) is 0 Å². The van der Waals surface area contributed by atoms with E-state index in [1.54, 1.807) is 6.07 Å². The summed E-state index contributed by atoms with van der Waals surface area (Å²) in [6, 6.07) is 6.19. The molecule has 0 radical (unpaired) electrons. The van der Waals surface area contributed by atoms with E-state index in [1.807, 2.05) is 0 Å². The highest BCUT2D eigenvalue weighted by atomic mass is 19.4. The van der Waals surface area contributed by atoms with E-state index in [2.05, 4.69) is 25.6 Å². The summed E-state index contributed by atoms with van der Waals surface area (Å²) < 4.78 is 38.7. The fourth-order valence-electron chi connectivity index (χ4n) is 2.38. The van der Waals surface area contributed by atoms with Gasteiger partial charge in [-0.15, -0.1) is 0 Å². The lowest BCUT2D eigenvalue weighted by Crippen LogP contribution is -2.16. The fraction of sp³-hybridized carbons (Fsp3) is 0.188. The molecule has 0 bridgehead atoms. The monoisotopic (exact) mass is 364 g/mol. The van der Waals surface area contributed by atoms with Crippen LogP contribution < -0.4 is 21.9 Å². The van der Waals surface area contributed by atoms with Gasteiger partial charge >= 0.3 is 6.18 Å². The summed E-state index contributed by atoms with van der Waals surface area (Å²) in [5.74, 6) is 0.492. The zero-order valence-corrected chi connectivity index (χ0v) is 13.4. The number of alkyl halides is 3. The summed E-state index contributed by atoms with van der Waals surface area (Å²) in [5.41, 5.74) is 4.68. The van der Waals surface area contributed by atoms with Gasteiger partial charge in [-0.3, -0.25) is 4.79 Å². The van der Waals surface area contributed by atoms with Crippen LogP contribution in [0.4, 0.5) is 30.5 Å². The standard InChI is InChI=1S/C16H15F3N6O/c17-16(18,19)9-2-1-3-10(6-9)24-14-13-11(22-8-23-15(13)26)7-12(25-14)21-5-4-20/h1-3,6-8H,4-5,20H2,(H2,21,24,25)(H,22,23,26). The molecule has 3 aromatic rings. The normalized spacial score (nSPS) is 11.5. The van der Waals surface area contributed by atoms with Gasteiger partial charge in [0.1, 0.15) is 17.0 Å². The Morgan fingerprint density at radius 1 is 1.23 bits per heavy atom. The summed E-state index contributed by atoms with van der Waals surface area (Å²) in [5, 5.41) is 5.88. The number of hydrogen-bond donors (Lipinski definition) is 4. The Hall–Kier alpha value is -3.14. The van der Waals surface area contributed by atoms with Crippen LogP contribution in [0.3, 0.4) is 0 Å². The second kappa shape index (κ2) is 7.00. The lowest BCUT2D eigenvalue weighted by Gasteiger charge is -2.13. The number of nitrogens with two attached hydrogens (primary N) is 1. The van der Waals surface area contributed by atoms with Gasteiger partial charge in [-0.25, -0.2) is 9.97 Å². The van der Waals surface area contributed by atoms with Crippen LogP contribution in [0, 0.1) is 0 Å². The van der Waals surface area contributed by atoms with E-state index < -0.39 is 17.3 Å². The second-order valence-corrected chi connectivity index (χ2v) is 5.40. The molecule has 5 N–H and O–H groups in total. The number of benzene rings is 1. The molecule has 0 saturated carbocycles. The molecule has 3 rings (SSSR count). The number of anilines is 3. The molecule has 1 aromatic carbocycles. The third-order valence-corrected chi connectivity index (χ3v) is 3.53. The van der Waals surface area contributed by atoms with Crippen LogP contribution in [-0.2, 0) is 6.18 Å². The lowest BCUT2D eigenvalue weighted by atomic mass is 10.2. The highest BCUT2D eigenvalue weighted by Gasteiger charge is 2.30. The first-order chi connectivity index (χ1) is 12.4. The number of nitrogens with one attached hydrogen (secondary N) is 3. The number of aromatic nitrogens is 3. The van der Waals surface area contributed by atoms with Crippen LogP contribution in [0.5, 0.6) is 0 Å². The Morgan fingerprint density at radius 2 is 2.04 bits per heavy atom. The predicted molar refractivity (Wildman–Crippen MR) is 92.4 cm³/mol. The number of halogens is 3. The van der Waals surface area contributed by atoms with Gasteiger partial charge in [0.05, 0.1) is 17.4 Å². The molecule has 0 saturated heterocycles. The minimum absolute atomic E-state index is 0.0932. The number of pyridine rings is 1. The maximum atomic E-state index is 12.9. The lowest BCUT2D eigenvalue weighted by molar-refractivity contribution is -0.137. The average Bonchev–Trinajstić information content (AvgIpc) is 2.59. The van der Waals surface area contributed by atoms with Crippen molar-refractivity contribution in [1.29, 1.82) is 0 Å². The van der Waals surface area contributed by atoms with Crippen molar-refractivity contribution < 1.29 is 13.2 Å². The van der Waals surface area contributed by atoms with Gasteiger partial charge in [-0.1, -0.05) is 6.07 Å². The Morgan fingerprint density at radius 3 is 2.77 bits per heavy atom. The minimum Gasteiger partial charge on any atom is -0.369 e. The van der Waals surface area contributed by atoms with Crippen molar-refractivity contribution in [2.45, 2.75) is 6.18 Å². The first-order valence-electron chi connectivity index (χ1n) is 7.65. The highest BCUT2D eigenvalue weighted by molar-refractivity contribution is 5.91. The molecule has 10 heteroatoms. The first-order valence-corrected chi connectivity index (χ1v) is 7.65. The molecular weight excluding hydrogens is 349 g/mol. The summed E-state index contributed by atoms with van der Waals surface area (Å²) in [6.45, 7) is 0.795. The SMILES string of the molecule is NCCNc1cc2nc[nH]c(=O)c2c(Nc2cccc(C(F)(F)F)c2)n1. The van der Waals surface area contributed by atoms with Crippen LogP contribution >= 0.6 is 0 Å². The van der Waals surface area contributed by atoms with Gasteiger partial charge in [-0.05, 0) is 18.2 Å². The van der Waals surface area contributed by atoms with Crippen molar-refractivity contribution in [2.24, 2.45) is 5.73 Å². The van der Waals surface area contributed by atoms with E-state index in [-0.39, 0.29) is 16.9 Å². The first kappa shape index (κ1) is 17.7. The summed E-state index contributed by atoms with van der Waals surface area (Å²) in [4.78, 5) is 22.9. The van der Waals surface area contributed by atoms with Crippen LogP contribution in [0.2, 0.25) is 0 Å². The zero-order chi connectivity index (χ0) is 18.7. The molecule has 0 atom stereocenters. The molecule has 136 valence electrons. The average molecular weight is 364 g/mol. The van der Waals surface area contributed by atoms with Crippen LogP contribution in [0.1, 0.15) is 5.56 Å². The summed E-state index contributed by atoms with van der Waals surface area (Å²) in [6.07, 6.45) is -3.23. The van der Waals surface area contributed by atoms with E-state index in [0.29, 0.717) is 24.4 Å².